The zero-order valence-corrected chi connectivity index (χ0v) is 12.1. The molecular weight excluding hydrogens is 242 g/mol. The molecule has 1 atom stereocenters. The molecule has 0 saturated heterocycles. The van der Waals surface area contributed by atoms with Gasteiger partial charge in [0.05, 0.1) is 11.7 Å². The van der Waals surface area contributed by atoms with E-state index in [0.29, 0.717) is 5.82 Å². The molecule has 104 valence electrons. The Hall–Kier alpha value is -1.76. The number of H-pyrrole nitrogens is 1. The van der Waals surface area contributed by atoms with Gasteiger partial charge in [0.1, 0.15) is 0 Å². The van der Waals surface area contributed by atoms with E-state index in [4.69, 9.17) is 0 Å². The zero-order valence-electron chi connectivity index (χ0n) is 12.1. The van der Waals surface area contributed by atoms with Crippen LogP contribution in [0, 0.1) is 0 Å². The van der Waals surface area contributed by atoms with Crippen LogP contribution in [0.5, 0.6) is 0 Å². The molecule has 2 rings (SSSR count). The second kappa shape index (κ2) is 5.08. The summed E-state index contributed by atoms with van der Waals surface area (Å²) in [5, 5.41) is 21.9. The first kappa shape index (κ1) is 13.7. The van der Waals surface area contributed by atoms with Crippen LogP contribution in [0.1, 0.15) is 50.8 Å². The SMILES string of the molecule is CC(NCc1cn(C)nc1C(C)(C)C)c1nn[nH]n1. The molecule has 0 aliphatic rings. The van der Waals surface area contributed by atoms with Crippen molar-refractivity contribution in [3.05, 3.63) is 23.3 Å². The predicted molar refractivity (Wildman–Crippen MR) is 71.3 cm³/mol. The summed E-state index contributed by atoms with van der Waals surface area (Å²) in [5.74, 6) is 0.668. The van der Waals surface area contributed by atoms with Crippen molar-refractivity contribution in [1.82, 2.24) is 35.7 Å². The number of hydrogen-bond acceptors (Lipinski definition) is 5. The van der Waals surface area contributed by atoms with E-state index >= 15 is 0 Å². The van der Waals surface area contributed by atoms with Gasteiger partial charge in [0.2, 0.25) is 0 Å². The van der Waals surface area contributed by atoms with Gasteiger partial charge in [-0.15, -0.1) is 10.2 Å². The van der Waals surface area contributed by atoms with Gasteiger partial charge in [0, 0.05) is 30.8 Å². The van der Waals surface area contributed by atoms with Crippen LogP contribution in [0.3, 0.4) is 0 Å². The third-order valence-electron chi connectivity index (χ3n) is 2.96. The second-order valence-corrected chi connectivity index (χ2v) is 5.80. The Labute approximate surface area is 112 Å². The van der Waals surface area contributed by atoms with Crippen LogP contribution in [0.4, 0.5) is 0 Å². The first-order valence-corrected chi connectivity index (χ1v) is 6.37. The van der Waals surface area contributed by atoms with Gasteiger partial charge in [-0.1, -0.05) is 26.0 Å². The molecule has 2 N–H and O–H groups in total. The van der Waals surface area contributed by atoms with E-state index in [2.05, 4.69) is 58.0 Å². The molecule has 0 radical (unpaired) electrons. The van der Waals surface area contributed by atoms with Crippen molar-refractivity contribution < 1.29 is 0 Å². The van der Waals surface area contributed by atoms with Crippen LogP contribution in [-0.4, -0.2) is 30.4 Å². The molecule has 7 nitrogen and oxygen atoms in total. The fourth-order valence-electron chi connectivity index (χ4n) is 2.01. The molecule has 0 amide bonds. The molecule has 2 heterocycles. The monoisotopic (exact) mass is 263 g/mol. The van der Waals surface area contributed by atoms with Crippen LogP contribution < -0.4 is 5.32 Å². The Morgan fingerprint density at radius 3 is 2.74 bits per heavy atom. The van der Waals surface area contributed by atoms with Crippen LogP contribution in [0.15, 0.2) is 6.20 Å². The van der Waals surface area contributed by atoms with Crippen molar-refractivity contribution in [2.45, 2.75) is 45.7 Å². The van der Waals surface area contributed by atoms with Crippen molar-refractivity contribution in [3.63, 3.8) is 0 Å². The molecule has 0 bridgehead atoms. The molecule has 0 aromatic carbocycles. The summed E-state index contributed by atoms with van der Waals surface area (Å²) in [6.45, 7) is 9.25. The lowest BCUT2D eigenvalue weighted by Crippen LogP contribution is -2.22. The van der Waals surface area contributed by atoms with E-state index in [1.165, 1.54) is 5.56 Å². The smallest absolute Gasteiger partial charge is 0.191 e. The predicted octanol–water partition coefficient (Wildman–Crippen LogP) is 1.08. The number of hydrogen-bond donors (Lipinski definition) is 2. The highest BCUT2D eigenvalue weighted by molar-refractivity contribution is 5.24. The number of aromatic amines is 1. The van der Waals surface area contributed by atoms with Gasteiger partial charge in [-0.2, -0.15) is 10.3 Å². The van der Waals surface area contributed by atoms with E-state index in [-0.39, 0.29) is 11.5 Å². The first-order valence-electron chi connectivity index (χ1n) is 6.37. The number of rotatable bonds is 4. The van der Waals surface area contributed by atoms with E-state index in [0.717, 1.165) is 12.2 Å². The molecule has 0 aliphatic heterocycles. The highest BCUT2D eigenvalue weighted by atomic mass is 15.5. The van der Waals surface area contributed by atoms with Crippen molar-refractivity contribution in [2.75, 3.05) is 0 Å². The van der Waals surface area contributed by atoms with Crippen LogP contribution in [0.2, 0.25) is 0 Å². The average Bonchev–Trinajstić information content (AvgIpc) is 2.93. The lowest BCUT2D eigenvalue weighted by atomic mass is 9.89. The van der Waals surface area contributed by atoms with Gasteiger partial charge in [0.15, 0.2) is 5.82 Å². The zero-order chi connectivity index (χ0) is 14.0. The fraction of sp³-hybridized carbons (Fsp3) is 0.667. The molecule has 0 spiro atoms. The molecule has 19 heavy (non-hydrogen) atoms. The van der Waals surface area contributed by atoms with E-state index in [1.807, 2.05) is 18.7 Å². The molecule has 0 aliphatic carbocycles. The maximum atomic E-state index is 4.55. The molecule has 7 heteroatoms. The molecule has 0 saturated carbocycles. The third kappa shape index (κ3) is 3.17. The standard InChI is InChI=1S/C12H21N7/c1-8(11-14-17-18-15-11)13-6-9-7-19(5)16-10(9)12(2,3)4/h7-8,13H,6H2,1-5H3,(H,14,15,17,18). The van der Waals surface area contributed by atoms with E-state index in [1.54, 1.807) is 0 Å². The number of nitrogens with zero attached hydrogens (tertiary/aromatic N) is 5. The largest absolute Gasteiger partial charge is 0.303 e. The molecule has 0 fully saturated rings. The van der Waals surface area contributed by atoms with Crippen molar-refractivity contribution in [1.29, 1.82) is 0 Å². The maximum absolute atomic E-state index is 4.55. The van der Waals surface area contributed by atoms with Gasteiger partial charge in [-0.3, -0.25) is 4.68 Å². The minimum Gasteiger partial charge on any atom is -0.303 e. The summed E-state index contributed by atoms with van der Waals surface area (Å²) in [6.07, 6.45) is 2.05. The Balaban J connectivity index is 2.08. The molecule has 1 unspecified atom stereocenters. The molecule has 2 aromatic rings. The first-order chi connectivity index (χ1) is 8.88. The lowest BCUT2D eigenvalue weighted by molar-refractivity contribution is 0.521. The van der Waals surface area contributed by atoms with Gasteiger partial charge >= 0.3 is 0 Å². The second-order valence-electron chi connectivity index (χ2n) is 5.80. The minimum atomic E-state index is 0.0354. The maximum Gasteiger partial charge on any atom is 0.191 e. The Bertz CT molecular complexity index is 521. The summed E-state index contributed by atoms with van der Waals surface area (Å²) in [7, 11) is 1.95. The Kier molecular flexibility index (Phi) is 3.66. The fourth-order valence-corrected chi connectivity index (χ4v) is 2.01. The quantitative estimate of drug-likeness (QED) is 0.862. The highest BCUT2D eigenvalue weighted by Gasteiger charge is 2.22. The van der Waals surface area contributed by atoms with E-state index < -0.39 is 0 Å². The lowest BCUT2D eigenvalue weighted by Gasteiger charge is -2.18. The number of nitrogens with one attached hydrogen (secondary N) is 2. The van der Waals surface area contributed by atoms with Crippen LogP contribution in [0.25, 0.3) is 0 Å². The van der Waals surface area contributed by atoms with Crippen molar-refractivity contribution in [2.24, 2.45) is 7.05 Å². The summed E-state index contributed by atoms with van der Waals surface area (Å²) in [6, 6.07) is 0.0479. The molecule has 2 aromatic heterocycles. The highest BCUT2D eigenvalue weighted by Crippen LogP contribution is 2.24. The number of tetrazole rings is 1. The normalized spacial score (nSPS) is 13.7. The summed E-state index contributed by atoms with van der Waals surface area (Å²) in [5.41, 5.74) is 2.35. The number of aromatic nitrogens is 6. The number of aryl methyl sites for hydroxylation is 1. The third-order valence-corrected chi connectivity index (χ3v) is 2.96. The van der Waals surface area contributed by atoms with Crippen LogP contribution in [-0.2, 0) is 19.0 Å². The molecular formula is C12H21N7. The van der Waals surface area contributed by atoms with Gasteiger partial charge in [0.25, 0.3) is 0 Å². The van der Waals surface area contributed by atoms with E-state index in [9.17, 15) is 0 Å². The summed E-state index contributed by atoms with van der Waals surface area (Å²) < 4.78 is 1.86. The van der Waals surface area contributed by atoms with Gasteiger partial charge in [-0.05, 0) is 6.92 Å². The summed E-state index contributed by atoms with van der Waals surface area (Å²) in [4.78, 5) is 0. The minimum absolute atomic E-state index is 0.0354. The van der Waals surface area contributed by atoms with Crippen molar-refractivity contribution in [3.8, 4) is 0 Å². The van der Waals surface area contributed by atoms with Crippen molar-refractivity contribution >= 4 is 0 Å². The van der Waals surface area contributed by atoms with Crippen LogP contribution >= 0.6 is 0 Å². The average molecular weight is 263 g/mol. The summed E-state index contributed by atoms with van der Waals surface area (Å²) >= 11 is 0. The Morgan fingerprint density at radius 1 is 1.42 bits per heavy atom. The Morgan fingerprint density at radius 2 is 2.16 bits per heavy atom. The topological polar surface area (TPSA) is 84.3 Å². The van der Waals surface area contributed by atoms with Gasteiger partial charge in [-0.25, -0.2) is 0 Å². The van der Waals surface area contributed by atoms with Gasteiger partial charge < -0.3 is 5.32 Å².